The highest BCUT2D eigenvalue weighted by Crippen LogP contribution is 2.31. The van der Waals surface area contributed by atoms with Gasteiger partial charge in [0, 0.05) is 17.8 Å². The first-order valence-corrected chi connectivity index (χ1v) is 7.65. The van der Waals surface area contributed by atoms with Gasteiger partial charge in [-0.15, -0.1) is 0 Å². The molecule has 0 N–H and O–H groups in total. The first kappa shape index (κ1) is 13.5. The van der Waals surface area contributed by atoms with Crippen molar-refractivity contribution in [1.29, 1.82) is 0 Å². The van der Waals surface area contributed by atoms with Gasteiger partial charge in [-0.1, -0.05) is 18.2 Å². The molecule has 0 radical (unpaired) electrons. The van der Waals surface area contributed by atoms with Gasteiger partial charge in [0.15, 0.2) is 0 Å². The van der Waals surface area contributed by atoms with Crippen molar-refractivity contribution < 1.29 is 4.39 Å². The summed E-state index contributed by atoms with van der Waals surface area (Å²) in [5.41, 5.74) is 3.97. The van der Waals surface area contributed by atoms with Crippen molar-refractivity contribution in [2.45, 2.75) is 18.9 Å². The number of likely N-dealkylation sites (tertiary alicyclic amines) is 1. The molecule has 0 bridgehead atoms. The normalized spacial score (nSPS) is 19.1. The number of fused-ring (bicyclic) bond motifs is 1. The van der Waals surface area contributed by atoms with E-state index in [1.54, 1.807) is 12.1 Å². The van der Waals surface area contributed by atoms with Crippen molar-refractivity contribution in [3.63, 3.8) is 0 Å². The SMILES string of the molecule is CN1CCCC1c1ccc2ncc(-c3cccc(F)c3)n2c1. The van der Waals surface area contributed by atoms with E-state index in [0.29, 0.717) is 6.04 Å². The zero-order valence-electron chi connectivity index (χ0n) is 12.5. The first-order chi connectivity index (χ1) is 10.7. The molecule has 4 rings (SSSR count). The second-order valence-electron chi connectivity index (χ2n) is 5.98. The van der Waals surface area contributed by atoms with Crippen molar-refractivity contribution >= 4 is 5.65 Å². The number of nitrogens with zero attached hydrogens (tertiary/aromatic N) is 3. The maximum Gasteiger partial charge on any atom is 0.137 e. The minimum absolute atomic E-state index is 0.223. The summed E-state index contributed by atoms with van der Waals surface area (Å²) in [6, 6.07) is 11.3. The molecule has 22 heavy (non-hydrogen) atoms. The minimum atomic E-state index is -0.223. The first-order valence-electron chi connectivity index (χ1n) is 7.65. The summed E-state index contributed by atoms with van der Waals surface area (Å²) in [7, 11) is 2.17. The molecule has 4 heteroatoms. The summed E-state index contributed by atoms with van der Waals surface area (Å²) < 4.78 is 15.6. The Bertz CT molecular complexity index is 824. The van der Waals surface area contributed by atoms with Gasteiger partial charge in [-0.2, -0.15) is 0 Å². The molecule has 0 spiro atoms. The van der Waals surface area contributed by atoms with Crippen LogP contribution in [0.15, 0.2) is 48.8 Å². The smallest absolute Gasteiger partial charge is 0.137 e. The average molecular weight is 295 g/mol. The predicted molar refractivity (Wildman–Crippen MR) is 85.2 cm³/mol. The Morgan fingerprint density at radius 3 is 2.91 bits per heavy atom. The lowest BCUT2D eigenvalue weighted by molar-refractivity contribution is 0.317. The fourth-order valence-electron chi connectivity index (χ4n) is 3.39. The average Bonchev–Trinajstić information content (AvgIpc) is 3.12. The standard InChI is InChI=1S/C18H18FN3/c1-21-9-3-6-16(21)14-7-8-18-20-11-17(22(18)12-14)13-4-2-5-15(19)10-13/h2,4-5,7-8,10-12,16H,3,6,9H2,1H3. The number of aromatic nitrogens is 2. The van der Waals surface area contributed by atoms with Crippen LogP contribution in [0.2, 0.25) is 0 Å². The summed E-state index contributed by atoms with van der Waals surface area (Å²) in [5.74, 6) is -0.223. The maximum atomic E-state index is 13.5. The topological polar surface area (TPSA) is 20.5 Å². The van der Waals surface area contributed by atoms with E-state index in [-0.39, 0.29) is 5.82 Å². The lowest BCUT2D eigenvalue weighted by Gasteiger charge is -2.20. The third-order valence-electron chi connectivity index (χ3n) is 4.55. The zero-order valence-corrected chi connectivity index (χ0v) is 12.5. The lowest BCUT2D eigenvalue weighted by Crippen LogP contribution is -2.17. The maximum absolute atomic E-state index is 13.5. The summed E-state index contributed by atoms with van der Waals surface area (Å²) in [5, 5.41) is 0. The van der Waals surface area contributed by atoms with Crippen molar-refractivity contribution in [3.05, 3.63) is 60.2 Å². The second-order valence-corrected chi connectivity index (χ2v) is 5.98. The molecule has 0 saturated carbocycles. The molecule has 1 saturated heterocycles. The largest absolute Gasteiger partial charge is 0.299 e. The lowest BCUT2D eigenvalue weighted by atomic mass is 10.1. The van der Waals surface area contributed by atoms with Crippen molar-refractivity contribution in [1.82, 2.24) is 14.3 Å². The minimum Gasteiger partial charge on any atom is -0.299 e. The molecule has 1 fully saturated rings. The van der Waals surface area contributed by atoms with E-state index in [1.165, 1.54) is 24.5 Å². The van der Waals surface area contributed by atoms with Crippen LogP contribution in [-0.4, -0.2) is 27.9 Å². The van der Waals surface area contributed by atoms with Gasteiger partial charge in [-0.05, 0) is 50.2 Å². The fourth-order valence-corrected chi connectivity index (χ4v) is 3.39. The van der Waals surface area contributed by atoms with Gasteiger partial charge >= 0.3 is 0 Å². The monoisotopic (exact) mass is 295 g/mol. The van der Waals surface area contributed by atoms with Gasteiger partial charge < -0.3 is 0 Å². The number of hydrogen-bond acceptors (Lipinski definition) is 2. The highest BCUT2D eigenvalue weighted by molar-refractivity contribution is 5.63. The van der Waals surface area contributed by atoms with E-state index in [0.717, 1.165) is 23.4 Å². The number of imidazole rings is 1. The molecular formula is C18H18FN3. The molecule has 1 aliphatic heterocycles. The van der Waals surface area contributed by atoms with Crippen molar-refractivity contribution in [2.24, 2.45) is 0 Å². The van der Waals surface area contributed by atoms with E-state index in [2.05, 4.69) is 33.6 Å². The Hall–Kier alpha value is -2.20. The van der Waals surface area contributed by atoms with Crippen LogP contribution in [0.1, 0.15) is 24.4 Å². The van der Waals surface area contributed by atoms with Crippen LogP contribution < -0.4 is 0 Å². The van der Waals surface area contributed by atoms with Crippen LogP contribution >= 0.6 is 0 Å². The highest BCUT2D eigenvalue weighted by Gasteiger charge is 2.23. The van der Waals surface area contributed by atoms with Crippen LogP contribution in [0.3, 0.4) is 0 Å². The van der Waals surface area contributed by atoms with Crippen molar-refractivity contribution in [3.8, 4) is 11.3 Å². The molecule has 3 nitrogen and oxygen atoms in total. The number of hydrogen-bond donors (Lipinski definition) is 0. The van der Waals surface area contributed by atoms with Crippen LogP contribution in [0.4, 0.5) is 4.39 Å². The number of benzene rings is 1. The molecule has 112 valence electrons. The van der Waals surface area contributed by atoms with Crippen LogP contribution in [0.5, 0.6) is 0 Å². The second kappa shape index (κ2) is 5.21. The van der Waals surface area contributed by atoms with Gasteiger partial charge in [0.05, 0.1) is 11.9 Å². The summed E-state index contributed by atoms with van der Waals surface area (Å²) in [6.45, 7) is 1.14. The predicted octanol–water partition coefficient (Wildman–Crippen LogP) is 3.91. The van der Waals surface area contributed by atoms with Gasteiger partial charge in [0.1, 0.15) is 11.5 Å². The van der Waals surface area contributed by atoms with Crippen molar-refractivity contribution in [2.75, 3.05) is 13.6 Å². The quantitative estimate of drug-likeness (QED) is 0.714. The Kier molecular flexibility index (Phi) is 3.19. The third kappa shape index (κ3) is 2.20. The van der Waals surface area contributed by atoms with Gasteiger partial charge in [0.2, 0.25) is 0 Å². The van der Waals surface area contributed by atoms with Gasteiger partial charge in [-0.3, -0.25) is 9.30 Å². The molecule has 2 aromatic heterocycles. The molecule has 3 heterocycles. The molecular weight excluding hydrogens is 277 g/mol. The summed E-state index contributed by atoms with van der Waals surface area (Å²) >= 11 is 0. The number of pyridine rings is 1. The number of rotatable bonds is 2. The molecule has 1 atom stereocenters. The Balaban J connectivity index is 1.83. The third-order valence-corrected chi connectivity index (χ3v) is 4.55. The summed E-state index contributed by atoms with van der Waals surface area (Å²) in [4.78, 5) is 6.83. The van der Waals surface area contributed by atoms with E-state index >= 15 is 0 Å². The molecule has 1 aliphatic rings. The summed E-state index contributed by atoms with van der Waals surface area (Å²) in [6.07, 6.45) is 6.38. The Labute approximate surface area is 129 Å². The van der Waals surface area contributed by atoms with E-state index in [4.69, 9.17) is 0 Å². The molecule has 3 aromatic rings. The molecule has 1 aromatic carbocycles. The fraction of sp³-hybridized carbons (Fsp3) is 0.278. The molecule has 0 amide bonds. The van der Waals surface area contributed by atoms with E-state index in [9.17, 15) is 4.39 Å². The Morgan fingerprint density at radius 2 is 2.14 bits per heavy atom. The zero-order chi connectivity index (χ0) is 15.1. The molecule has 1 unspecified atom stereocenters. The highest BCUT2D eigenvalue weighted by atomic mass is 19.1. The van der Waals surface area contributed by atoms with Crippen LogP contribution in [-0.2, 0) is 0 Å². The number of halogens is 1. The van der Waals surface area contributed by atoms with Crippen LogP contribution in [0, 0.1) is 5.82 Å². The van der Waals surface area contributed by atoms with Crippen LogP contribution in [0.25, 0.3) is 16.9 Å². The van der Waals surface area contributed by atoms with Gasteiger partial charge in [0.25, 0.3) is 0 Å². The molecule has 0 aliphatic carbocycles. The van der Waals surface area contributed by atoms with E-state index in [1.807, 2.05) is 18.3 Å². The van der Waals surface area contributed by atoms with E-state index < -0.39 is 0 Å². The Morgan fingerprint density at radius 1 is 1.23 bits per heavy atom. The van der Waals surface area contributed by atoms with Gasteiger partial charge in [-0.25, -0.2) is 9.37 Å².